The van der Waals surface area contributed by atoms with E-state index in [4.69, 9.17) is 10.5 Å². The molecule has 3 unspecified atom stereocenters. The van der Waals surface area contributed by atoms with Gasteiger partial charge in [0.05, 0.1) is 24.0 Å². The molecule has 6 heteroatoms. The quantitative estimate of drug-likeness (QED) is 0.683. The maximum Gasteiger partial charge on any atom is 0.252 e. The average Bonchev–Trinajstić information content (AvgIpc) is 2.70. The van der Waals surface area contributed by atoms with E-state index in [9.17, 15) is 9.90 Å². The second-order valence-corrected chi connectivity index (χ2v) is 9.47. The van der Waals surface area contributed by atoms with Crippen molar-refractivity contribution < 1.29 is 14.6 Å². The molecule has 1 aromatic heterocycles. The summed E-state index contributed by atoms with van der Waals surface area (Å²) in [6.45, 7) is 0. The van der Waals surface area contributed by atoms with E-state index < -0.39 is 11.5 Å². The fraction of sp³-hybridized carbons (Fsp3) is 0.500. The molecule has 0 saturated heterocycles. The summed E-state index contributed by atoms with van der Waals surface area (Å²) < 4.78 is 5.22. The smallest absolute Gasteiger partial charge is 0.252 e. The highest BCUT2D eigenvalue weighted by Gasteiger charge is 2.54. The van der Waals surface area contributed by atoms with Crippen LogP contribution in [0.1, 0.15) is 53.7 Å². The number of nitrogens with zero attached hydrogens (tertiary/aromatic N) is 1. The Morgan fingerprint density at radius 2 is 1.93 bits per heavy atom. The van der Waals surface area contributed by atoms with Crippen molar-refractivity contribution in [2.45, 2.75) is 50.2 Å². The first-order valence-corrected chi connectivity index (χ1v) is 10.8. The number of pyridine rings is 1. The van der Waals surface area contributed by atoms with Gasteiger partial charge in [-0.2, -0.15) is 0 Å². The number of benzene rings is 1. The zero-order chi connectivity index (χ0) is 20.9. The molecule has 158 valence electrons. The van der Waals surface area contributed by atoms with Crippen molar-refractivity contribution in [1.82, 2.24) is 4.98 Å². The number of primary amides is 1. The van der Waals surface area contributed by atoms with Crippen molar-refractivity contribution in [2.24, 2.45) is 23.5 Å². The molecular formula is C24H29N3O3. The van der Waals surface area contributed by atoms with Gasteiger partial charge >= 0.3 is 0 Å². The van der Waals surface area contributed by atoms with E-state index in [1.807, 2.05) is 30.3 Å². The maximum absolute atomic E-state index is 12.0. The lowest BCUT2D eigenvalue weighted by atomic mass is 9.52. The maximum atomic E-state index is 12.0. The topological polar surface area (TPSA) is 97.5 Å². The second kappa shape index (κ2) is 7.27. The normalized spacial score (nSPS) is 31.5. The van der Waals surface area contributed by atoms with Gasteiger partial charge in [-0.3, -0.25) is 9.78 Å². The first-order chi connectivity index (χ1) is 14.4. The lowest BCUT2D eigenvalue weighted by Gasteiger charge is -2.58. The van der Waals surface area contributed by atoms with Gasteiger partial charge in [0.15, 0.2) is 0 Å². The summed E-state index contributed by atoms with van der Waals surface area (Å²) in [7, 11) is 1.65. The third-order valence-electron chi connectivity index (χ3n) is 7.33. The van der Waals surface area contributed by atoms with Crippen LogP contribution in [0.15, 0.2) is 36.5 Å². The molecule has 4 bridgehead atoms. The summed E-state index contributed by atoms with van der Waals surface area (Å²) in [5.41, 5.74) is 8.38. The van der Waals surface area contributed by atoms with Gasteiger partial charge in [0, 0.05) is 24.4 Å². The highest BCUT2D eigenvalue weighted by molar-refractivity contribution is 5.98. The number of carbonyl (C=O) groups is 1. The summed E-state index contributed by atoms with van der Waals surface area (Å²) >= 11 is 0. The van der Waals surface area contributed by atoms with Crippen molar-refractivity contribution in [2.75, 3.05) is 12.4 Å². The van der Waals surface area contributed by atoms with Crippen LogP contribution < -0.4 is 15.8 Å². The molecule has 0 spiro atoms. The van der Waals surface area contributed by atoms with E-state index in [1.54, 1.807) is 13.3 Å². The Morgan fingerprint density at radius 3 is 2.53 bits per heavy atom. The predicted octanol–water partition coefficient (Wildman–Crippen LogP) is 3.13. The molecule has 6 rings (SSSR count). The van der Waals surface area contributed by atoms with Gasteiger partial charge in [-0.15, -0.1) is 0 Å². The third-order valence-corrected chi connectivity index (χ3v) is 7.33. The zero-order valence-electron chi connectivity index (χ0n) is 17.3. The summed E-state index contributed by atoms with van der Waals surface area (Å²) in [6.07, 6.45) is 7.24. The summed E-state index contributed by atoms with van der Waals surface area (Å²) in [4.78, 5) is 16.5. The van der Waals surface area contributed by atoms with Crippen LogP contribution in [0.2, 0.25) is 0 Å². The Labute approximate surface area is 176 Å². The van der Waals surface area contributed by atoms with Crippen molar-refractivity contribution in [1.29, 1.82) is 0 Å². The number of aromatic nitrogens is 1. The summed E-state index contributed by atoms with van der Waals surface area (Å²) in [6, 6.07) is 10.2. The number of ether oxygens (including phenoxy) is 1. The number of hydrogen-bond donors (Lipinski definition) is 3. The van der Waals surface area contributed by atoms with E-state index in [0.717, 1.165) is 54.8 Å². The van der Waals surface area contributed by atoms with Crippen LogP contribution in [0.4, 0.5) is 5.69 Å². The Hall–Kier alpha value is -2.60. The molecule has 4 saturated carbocycles. The van der Waals surface area contributed by atoms with Gasteiger partial charge in [0.1, 0.15) is 5.75 Å². The lowest BCUT2D eigenvalue weighted by molar-refractivity contribution is -0.129. The Morgan fingerprint density at radius 1 is 1.23 bits per heavy atom. The fourth-order valence-corrected chi connectivity index (χ4v) is 6.26. The minimum Gasteiger partial charge on any atom is -0.497 e. The molecule has 4 aliphatic carbocycles. The van der Waals surface area contributed by atoms with Crippen LogP contribution in [0.25, 0.3) is 0 Å². The van der Waals surface area contributed by atoms with Gasteiger partial charge < -0.3 is 20.9 Å². The Bertz CT molecular complexity index is 943. The zero-order valence-corrected chi connectivity index (χ0v) is 17.3. The monoisotopic (exact) mass is 407 g/mol. The number of hydrogen-bond acceptors (Lipinski definition) is 5. The molecule has 0 radical (unpaired) electrons. The number of amides is 1. The molecule has 1 amide bonds. The van der Waals surface area contributed by atoms with Crippen LogP contribution in [-0.4, -0.2) is 34.8 Å². The largest absolute Gasteiger partial charge is 0.497 e. The number of aliphatic hydroxyl groups is 1. The molecule has 6 nitrogen and oxygen atoms in total. The molecule has 30 heavy (non-hydrogen) atoms. The van der Waals surface area contributed by atoms with Gasteiger partial charge in [-0.05, 0) is 73.6 Å². The molecule has 4 N–H and O–H groups in total. The SMILES string of the molecule is COc1ccc(Cc2cc(NC3[C@@H]4CC5C[C@H]3CC(O)(C5)C4)c(C(N)=O)cn2)cc1. The summed E-state index contributed by atoms with van der Waals surface area (Å²) in [5.74, 6) is 1.88. The second-order valence-electron chi connectivity index (χ2n) is 9.47. The number of rotatable bonds is 6. The van der Waals surface area contributed by atoms with Crippen molar-refractivity contribution in [3.63, 3.8) is 0 Å². The van der Waals surface area contributed by atoms with Crippen LogP contribution >= 0.6 is 0 Å². The molecule has 4 fully saturated rings. The van der Waals surface area contributed by atoms with Crippen molar-refractivity contribution >= 4 is 11.6 Å². The lowest BCUT2D eigenvalue weighted by Crippen LogP contribution is -2.59. The molecule has 5 atom stereocenters. The number of carbonyl (C=O) groups excluding carboxylic acids is 1. The van der Waals surface area contributed by atoms with Gasteiger partial charge in [-0.1, -0.05) is 12.1 Å². The molecule has 4 aliphatic rings. The first kappa shape index (κ1) is 19.4. The first-order valence-electron chi connectivity index (χ1n) is 10.8. The minimum absolute atomic E-state index is 0.274. The van der Waals surface area contributed by atoms with E-state index in [0.29, 0.717) is 29.7 Å². The Kier molecular flexibility index (Phi) is 4.69. The molecule has 1 aromatic carbocycles. The number of nitrogens with two attached hydrogens (primary N) is 1. The minimum atomic E-state index is -0.473. The molecule has 2 aromatic rings. The van der Waals surface area contributed by atoms with Crippen LogP contribution in [0, 0.1) is 17.8 Å². The van der Waals surface area contributed by atoms with Crippen molar-refractivity contribution in [3.8, 4) is 5.75 Å². The Balaban J connectivity index is 1.39. The van der Waals surface area contributed by atoms with Gasteiger partial charge in [0.2, 0.25) is 0 Å². The van der Waals surface area contributed by atoms with Crippen LogP contribution in [-0.2, 0) is 6.42 Å². The van der Waals surface area contributed by atoms with Crippen LogP contribution in [0.3, 0.4) is 0 Å². The highest BCUT2D eigenvalue weighted by atomic mass is 16.5. The molecular weight excluding hydrogens is 378 g/mol. The molecule has 0 aliphatic heterocycles. The van der Waals surface area contributed by atoms with Gasteiger partial charge in [0.25, 0.3) is 5.91 Å². The fourth-order valence-electron chi connectivity index (χ4n) is 6.26. The van der Waals surface area contributed by atoms with E-state index in [-0.39, 0.29) is 6.04 Å². The summed E-state index contributed by atoms with van der Waals surface area (Å²) in [5, 5.41) is 14.5. The third kappa shape index (κ3) is 3.54. The number of anilines is 1. The van der Waals surface area contributed by atoms with E-state index in [2.05, 4.69) is 10.3 Å². The van der Waals surface area contributed by atoms with E-state index in [1.165, 1.54) is 0 Å². The highest BCUT2D eigenvalue weighted by Crippen LogP contribution is 2.56. The number of methoxy groups -OCH3 is 1. The number of nitrogens with one attached hydrogen (secondary N) is 1. The predicted molar refractivity (Wildman–Crippen MR) is 114 cm³/mol. The molecule has 1 heterocycles. The standard InChI is InChI=1S/C24H29N3O3/c1-30-19-4-2-14(3-5-19)8-18-9-21(20(13-26-18)23(25)28)27-22-16-6-15-7-17(22)12-24(29,10-15)11-16/h2-5,9,13,15-17,22,29H,6-8,10-12H2,1H3,(H2,25,28)(H,26,27)/t15?,16-,17+,22?,24?. The average molecular weight is 408 g/mol. The van der Waals surface area contributed by atoms with Crippen molar-refractivity contribution in [3.05, 3.63) is 53.3 Å². The van der Waals surface area contributed by atoms with Gasteiger partial charge in [-0.25, -0.2) is 0 Å². The van der Waals surface area contributed by atoms with E-state index >= 15 is 0 Å². The van der Waals surface area contributed by atoms with Crippen LogP contribution in [0.5, 0.6) is 5.75 Å².